The van der Waals surface area contributed by atoms with Crippen molar-refractivity contribution in [3.8, 4) is 0 Å². The Hall–Kier alpha value is -0.600. The van der Waals surface area contributed by atoms with Crippen molar-refractivity contribution in [2.45, 2.75) is 38.6 Å². The molecule has 1 unspecified atom stereocenters. The van der Waals surface area contributed by atoms with Crippen molar-refractivity contribution in [1.29, 1.82) is 0 Å². The van der Waals surface area contributed by atoms with Crippen molar-refractivity contribution in [2.24, 2.45) is 5.92 Å². The molecular weight excluding hydrogens is 237 g/mol. The van der Waals surface area contributed by atoms with Crippen LogP contribution >= 0.6 is 11.6 Å². The fourth-order valence-corrected chi connectivity index (χ4v) is 3.18. The maximum Gasteiger partial charge on any atom is 0.123 e. The van der Waals surface area contributed by atoms with Crippen LogP contribution in [0.5, 0.6) is 0 Å². The highest BCUT2D eigenvalue weighted by Gasteiger charge is 2.37. The normalized spacial score (nSPS) is 24.5. The summed E-state index contributed by atoms with van der Waals surface area (Å²) in [6.45, 7) is 5.36. The van der Waals surface area contributed by atoms with Gasteiger partial charge in [-0.2, -0.15) is 0 Å². The lowest BCUT2D eigenvalue weighted by Crippen LogP contribution is -2.38. The molecule has 1 atom stereocenters. The summed E-state index contributed by atoms with van der Waals surface area (Å²) in [6, 6.07) is 4.67. The molecule has 1 aliphatic heterocycles. The molecule has 0 radical (unpaired) electrons. The molecule has 1 aromatic rings. The summed E-state index contributed by atoms with van der Waals surface area (Å²) < 4.78 is 13.4. The van der Waals surface area contributed by atoms with Crippen molar-refractivity contribution in [1.82, 2.24) is 5.32 Å². The first-order chi connectivity index (χ1) is 8.03. The third-order valence-corrected chi connectivity index (χ3v) is 3.77. The average Bonchev–Trinajstić information content (AvgIpc) is 2.70. The van der Waals surface area contributed by atoms with Gasteiger partial charge in [0, 0.05) is 10.6 Å². The van der Waals surface area contributed by atoms with Crippen LogP contribution in [0.1, 0.15) is 38.7 Å². The minimum absolute atomic E-state index is 0.132. The molecule has 1 N–H and O–H groups in total. The lowest BCUT2D eigenvalue weighted by atomic mass is 9.81. The topological polar surface area (TPSA) is 12.0 Å². The second-order valence-corrected chi connectivity index (χ2v) is 5.74. The molecule has 94 valence electrons. The van der Waals surface area contributed by atoms with Crippen LogP contribution < -0.4 is 5.32 Å². The lowest BCUT2D eigenvalue weighted by Gasteiger charge is -2.33. The van der Waals surface area contributed by atoms with E-state index in [1.54, 1.807) is 12.1 Å². The van der Waals surface area contributed by atoms with Gasteiger partial charge in [-0.1, -0.05) is 25.4 Å². The van der Waals surface area contributed by atoms with E-state index < -0.39 is 0 Å². The highest BCUT2D eigenvalue weighted by molar-refractivity contribution is 6.31. The maximum atomic E-state index is 13.4. The van der Waals surface area contributed by atoms with Gasteiger partial charge in [0.25, 0.3) is 0 Å². The number of hydrogen-bond donors (Lipinski definition) is 1. The zero-order valence-corrected chi connectivity index (χ0v) is 11.1. The van der Waals surface area contributed by atoms with Gasteiger partial charge < -0.3 is 5.32 Å². The van der Waals surface area contributed by atoms with Crippen LogP contribution in [0.25, 0.3) is 0 Å². The largest absolute Gasteiger partial charge is 0.307 e. The fourth-order valence-electron chi connectivity index (χ4n) is 2.88. The maximum absolute atomic E-state index is 13.4. The molecule has 0 spiro atoms. The predicted molar refractivity (Wildman–Crippen MR) is 69.8 cm³/mol. The first-order valence-electron chi connectivity index (χ1n) is 6.24. The van der Waals surface area contributed by atoms with Gasteiger partial charge in [0.15, 0.2) is 0 Å². The van der Waals surface area contributed by atoms with Crippen LogP contribution in [-0.2, 0) is 5.54 Å². The molecule has 1 aromatic carbocycles. The number of hydrogen-bond acceptors (Lipinski definition) is 1. The van der Waals surface area contributed by atoms with Crippen LogP contribution in [0.15, 0.2) is 18.2 Å². The molecule has 1 aliphatic rings. The third kappa shape index (κ3) is 2.63. The summed E-state index contributed by atoms with van der Waals surface area (Å²) in [5.41, 5.74) is 0.790. The molecule has 0 saturated carbocycles. The summed E-state index contributed by atoms with van der Waals surface area (Å²) in [6.07, 6.45) is 3.16. The van der Waals surface area contributed by atoms with Crippen LogP contribution in [0, 0.1) is 11.7 Å². The Morgan fingerprint density at radius 2 is 2.24 bits per heavy atom. The van der Waals surface area contributed by atoms with E-state index in [1.807, 2.05) is 0 Å². The van der Waals surface area contributed by atoms with Crippen molar-refractivity contribution in [3.05, 3.63) is 34.6 Å². The lowest BCUT2D eigenvalue weighted by molar-refractivity contribution is 0.310. The highest BCUT2D eigenvalue weighted by Crippen LogP contribution is 2.40. The van der Waals surface area contributed by atoms with Crippen molar-refractivity contribution in [3.63, 3.8) is 0 Å². The molecule has 2 rings (SSSR count). The fraction of sp³-hybridized carbons (Fsp3) is 0.571. The standard InChI is InChI=1S/C14H19ClFN/c1-10(2)9-14(6-3-7-17-14)12-8-11(16)4-5-13(12)15/h4-5,8,10,17H,3,6-7,9H2,1-2H3. The number of rotatable bonds is 3. The van der Waals surface area contributed by atoms with E-state index in [1.165, 1.54) is 6.07 Å². The number of halogens is 2. The van der Waals surface area contributed by atoms with Gasteiger partial charge in [0.05, 0.1) is 0 Å². The molecule has 3 heteroatoms. The quantitative estimate of drug-likeness (QED) is 0.857. The minimum atomic E-state index is -0.207. The minimum Gasteiger partial charge on any atom is -0.307 e. The zero-order chi connectivity index (χ0) is 12.5. The van der Waals surface area contributed by atoms with Crippen molar-refractivity contribution < 1.29 is 4.39 Å². The molecule has 1 heterocycles. The Bertz CT molecular complexity index is 397. The third-order valence-electron chi connectivity index (χ3n) is 3.44. The summed E-state index contributed by atoms with van der Waals surface area (Å²) >= 11 is 6.24. The smallest absolute Gasteiger partial charge is 0.123 e. The Labute approximate surface area is 107 Å². The van der Waals surface area contributed by atoms with Crippen LogP contribution in [-0.4, -0.2) is 6.54 Å². The Morgan fingerprint density at radius 1 is 1.47 bits per heavy atom. The second kappa shape index (κ2) is 4.95. The van der Waals surface area contributed by atoms with Crippen molar-refractivity contribution in [2.75, 3.05) is 6.54 Å². The summed E-state index contributed by atoms with van der Waals surface area (Å²) in [5.74, 6) is 0.348. The molecule has 0 bridgehead atoms. The van der Waals surface area contributed by atoms with E-state index in [-0.39, 0.29) is 11.4 Å². The van der Waals surface area contributed by atoms with Crippen LogP contribution in [0.3, 0.4) is 0 Å². The monoisotopic (exact) mass is 255 g/mol. The number of benzene rings is 1. The molecule has 1 fully saturated rings. The van der Waals surface area contributed by atoms with Gasteiger partial charge in [-0.25, -0.2) is 4.39 Å². The summed E-state index contributed by atoms with van der Waals surface area (Å²) in [7, 11) is 0. The first-order valence-corrected chi connectivity index (χ1v) is 6.62. The van der Waals surface area contributed by atoms with Crippen LogP contribution in [0.2, 0.25) is 5.02 Å². The molecule has 0 amide bonds. The van der Waals surface area contributed by atoms with E-state index in [2.05, 4.69) is 19.2 Å². The molecule has 17 heavy (non-hydrogen) atoms. The Kier molecular flexibility index (Phi) is 3.74. The highest BCUT2D eigenvalue weighted by atomic mass is 35.5. The number of nitrogens with one attached hydrogen (secondary N) is 1. The molecule has 0 aromatic heterocycles. The van der Waals surface area contributed by atoms with Crippen molar-refractivity contribution >= 4 is 11.6 Å². The van der Waals surface area contributed by atoms with Gasteiger partial charge >= 0.3 is 0 Å². The van der Waals surface area contributed by atoms with E-state index in [0.717, 1.165) is 31.4 Å². The molecule has 0 aliphatic carbocycles. The van der Waals surface area contributed by atoms with E-state index in [0.29, 0.717) is 10.9 Å². The summed E-state index contributed by atoms with van der Waals surface area (Å²) in [4.78, 5) is 0. The van der Waals surface area contributed by atoms with Gasteiger partial charge in [-0.15, -0.1) is 0 Å². The summed E-state index contributed by atoms with van der Waals surface area (Å²) in [5, 5.41) is 4.20. The SMILES string of the molecule is CC(C)CC1(c2cc(F)ccc2Cl)CCCN1. The second-order valence-electron chi connectivity index (χ2n) is 5.33. The van der Waals surface area contributed by atoms with E-state index in [4.69, 9.17) is 11.6 Å². The van der Waals surface area contributed by atoms with Gasteiger partial charge in [-0.05, 0) is 55.5 Å². The van der Waals surface area contributed by atoms with Gasteiger partial charge in [0.2, 0.25) is 0 Å². The Morgan fingerprint density at radius 3 is 2.82 bits per heavy atom. The van der Waals surface area contributed by atoms with Crippen LogP contribution in [0.4, 0.5) is 4.39 Å². The molecule has 1 saturated heterocycles. The van der Waals surface area contributed by atoms with E-state index >= 15 is 0 Å². The predicted octanol–water partition coefficient (Wildman–Crippen LogP) is 4.10. The molecule has 1 nitrogen and oxygen atoms in total. The average molecular weight is 256 g/mol. The zero-order valence-electron chi connectivity index (χ0n) is 10.4. The van der Waals surface area contributed by atoms with E-state index in [9.17, 15) is 4.39 Å². The van der Waals surface area contributed by atoms with Gasteiger partial charge in [-0.3, -0.25) is 0 Å². The Balaban J connectivity index is 2.41. The first kappa shape index (κ1) is 12.8. The molecular formula is C14H19ClFN. The van der Waals surface area contributed by atoms with Gasteiger partial charge in [0.1, 0.15) is 5.82 Å².